The number of carbonyl (C=O) groups is 1. The van der Waals surface area contributed by atoms with Gasteiger partial charge in [0.15, 0.2) is 5.13 Å². The number of ether oxygens (including phenoxy) is 1. The van der Waals surface area contributed by atoms with Crippen molar-refractivity contribution in [2.75, 3.05) is 13.1 Å². The summed E-state index contributed by atoms with van der Waals surface area (Å²) in [6.45, 7) is 2.98. The molecule has 0 saturated carbocycles. The molecule has 1 aliphatic heterocycles. The lowest BCUT2D eigenvalue weighted by atomic mass is 10.3. The average molecular weight is 379 g/mol. The Hall–Kier alpha value is -3.18. The van der Waals surface area contributed by atoms with Crippen molar-refractivity contribution in [1.29, 1.82) is 5.26 Å². The van der Waals surface area contributed by atoms with Crippen molar-refractivity contribution in [2.24, 2.45) is 0 Å². The third-order valence-electron chi connectivity index (χ3n) is 4.39. The molecule has 0 aromatic carbocycles. The summed E-state index contributed by atoms with van der Waals surface area (Å²) in [4.78, 5) is 24.0. The number of nitrogens with zero attached hydrogens (tertiary/aromatic N) is 5. The maximum atomic E-state index is 12.9. The van der Waals surface area contributed by atoms with E-state index in [1.807, 2.05) is 36.0 Å². The van der Waals surface area contributed by atoms with Crippen LogP contribution < -0.4 is 4.74 Å². The number of likely N-dealkylation sites (tertiary alicyclic amines) is 1. The SMILES string of the molecule is Cc1nc(-n2cccc2)sc1C(=O)N1CCC(Oc2cc(C#N)ccn2)C1. The highest BCUT2D eigenvalue weighted by Gasteiger charge is 2.30. The molecule has 3 aromatic rings. The monoisotopic (exact) mass is 379 g/mol. The largest absolute Gasteiger partial charge is 0.472 e. The lowest BCUT2D eigenvalue weighted by molar-refractivity contribution is 0.0775. The third-order valence-corrected chi connectivity index (χ3v) is 5.55. The fourth-order valence-electron chi connectivity index (χ4n) is 3.02. The number of pyridine rings is 1. The Morgan fingerprint density at radius 2 is 2.22 bits per heavy atom. The molecule has 0 radical (unpaired) electrons. The first-order valence-electron chi connectivity index (χ1n) is 8.57. The lowest BCUT2D eigenvalue weighted by Gasteiger charge is -2.16. The van der Waals surface area contributed by atoms with E-state index in [1.165, 1.54) is 11.3 Å². The van der Waals surface area contributed by atoms with Gasteiger partial charge in [-0.2, -0.15) is 5.26 Å². The summed E-state index contributed by atoms with van der Waals surface area (Å²) in [5, 5.41) is 9.75. The van der Waals surface area contributed by atoms with E-state index in [0.717, 1.165) is 17.2 Å². The highest BCUT2D eigenvalue weighted by molar-refractivity contribution is 7.16. The molecule has 1 aliphatic rings. The van der Waals surface area contributed by atoms with Crippen LogP contribution in [-0.2, 0) is 0 Å². The van der Waals surface area contributed by atoms with Crippen molar-refractivity contribution in [2.45, 2.75) is 19.4 Å². The lowest BCUT2D eigenvalue weighted by Crippen LogP contribution is -2.30. The van der Waals surface area contributed by atoms with Gasteiger partial charge in [-0.1, -0.05) is 11.3 Å². The van der Waals surface area contributed by atoms with Gasteiger partial charge < -0.3 is 14.2 Å². The molecule has 1 atom stereocenters. The summed E-state index contributed by atoms with van der Waals surface area (Å²) in [7, 11) is 0. The number of aromatic nitrogens is 3. The summed E-state index contributed by atoms with van der Waals surface area (Å²) in [6.07, 6.45) is 5.97. The van der Waals surface area contributed by atoms with Crippen LogP contribution in [0.3, 0.4) is 0 Å². The van der Waals surface area contributed by atoms with Crippen LogP contribution in [0.2, 0.25) is 0 Å². The van der Waals surface area contributed by atoms with Gasteiger partial charge >= 0.3 is 0 Å². The molecule has 1 amide bonds. The van der Waals surface area contributed by atoms with Gasteiger partial charge in [-0.15, -0.1) is 0 Å². The zero-order valence-electron chi connectivity index (χ0n) is 14.7. The minimum absolute atomic E-state index is 0.0201. The van der Waals surface area contributed by atoms with Crippen LogP contribution >= 0.6 is 11.3 Å². The van der Waals surface area contributed by atoms with Gasteiger partial charge in [0.2, 0.25) is 5.88 Å². The first-order valence-corrected chi connectivity index (χ1v) is 9.38. The Bertz CT molecular complexity index is 1010. The Labute approximate surface area is 160 Å². The molecule has 0 aliphatic carbocycles. The van der Waals surface area contributed by atoms with Crippen molar-refractivity contribution >= 4 is 17.2 Å². The zero-order valence-corrected chi connectivity index (χ0v) is 15.5. The van der Waals surface area contributed by atoms with E-state index in [4.69, 9.17) is 10.00 Å². The number of carbonyl (C=O) groups excluding carboxylic acids is 1. The Morgan fingerprint density at radius 1 is 1.41 bits per heavy atom. The summed E-state index contributed by atoms with van der Waals surface area (Å²) in [5.74, 6) is 0.394. The predicted molar refractivity (Wildman–Crippen MR) is 100 cm³/mol. The van der Waals surface area contributed by atoms with E-state index in [-0.39, 0.29) is 12.0 Å². The number of hydrogen-bond acceptors (Lipinski definition) is 6. The van der Waals surface area contributed by atoms with Crippen LogP contribution in [0, 0.1) is 18.3 Å². The third kappa shape index (κ3) is 3.55. The second-order valence-corrected chi connectivity index (χ2v) is 7.25. The zero-order chi connectivity index (χ0) is 18.8. The van der Waals surface area contributed by atoms with Crippen molar-refractivity contribution < 1.29 is 9.53 Å². The van der Waals surface area contributed by atoms with Crippen molar-refractivity contribution in [3.63, 3.8) is 0 Å². The van der Waals surface area contributed by atoms with Crippen molar-refractivity contribution in [3.8, 4) is 17.1 Å². The summed E-state index contributed by atoms with van der Waals surface area (Å²) >= 11 is 1.39. The maximum Gasteiger partial charge on any atom is 0.266 e. The number of hydrogen-bond donors (Lipinski definition) is 0. The number of aryl methyl sites for hydroxylation is 1. The second kappa shape index (κ2) is 7.21. The predicted octanol–water partition coefficient (Wildman–Crippen LogP) is 2.80. The molecule has 27 heavy (non-hydrogen) atoms. The molecule has 4 heterocycles. The minimum atomic E-state index is -0.132. The van der Waals surface area contributed by atoms with Gasteiger partial charge in [0, 0.05) is 37.6 Å². The molecule has 1 saturated heterocycles. The molecule has 0 spiro atoms. The van der Waals surface area contributed by atoms with E-state index < -0.39 is 0 Å². The Balaban J connectivity index is 1.44. The fraction of sp³-hybridized carbons (Fsp3) is 0.263. The van der Waals surface area contributed by atoms with Crippen LogP contribution in [0.15, 0.2) is 42.9 Å². The standard InChI is InChI=1S/C19H17N5O2S/c1-13-17(27-19(22-13)23-7-2-3-8-23)18(25)24-9-5-15(12-24)26-16-10-14(11-20)4-6-21-16/h2-4,6-8,10,15H,5,9,12H2,1H3. The number of thiazole rings is 1. The van der Waals surface area contributed by atoms with Gasteiger partial charge in [-0.05, 0) is 25.1 Å². The molecular formula is C19H17N5O2S. The van der Waals surface area contributed by atoms with E-state index >= 15 is 0 Å². The van der Waals surface area contributed by atoms with Gasteiger partial charge in [0.25, 0.3) is 5.91 Å². The van der Waals surface area contributed by atoms with E-state index in [9.17, 15) is 4.79 Å². The van der Waals surface area contributed by atoms with Crippen molar-refractivity contribution in [1.82, 2.24) is 19.4 Å². The molecule has 4 rings (SSSR count). The van der Waals surface area contributed by atoms with E-state index in [0.29, 0.717) is 29.4 Å². The minimum Gasteiger partial charge on any atom is -0.472 e. The van der Waals surface area contributed by atoms with Crippen LogP contribution in [0.1, 0.15) is 27.3 Å². The van der Waals surface area contributed by atoms with E-state index in [1.54, 1.807) is 23.2 Å². The molecule has 136 valence electrons. The molecule has 0 N–H and O–H groups in total. The number of rotatable bonds is 4. The van der Waals surface area contributed by atoms with E-state index in [2.05, 4.69) is 16.0 Å². The van der Waals surface area contributed by atoms with Crippen LogP contribution in [0.25, 0.3) is 5.13 Å². The Morgan fingerprint density at radius 3 is 3.00 bits per heavy atom. The molecule has 3 aromatic heterocycles. The quantitative estimate of drug-likeness (QED) is 0.696. The molecule has 8 heteroatoms. The highest BCUT2D eigenvalue weighted by Crippen LogP contribution is 2.26. The molecule has 1 unspecified atom stereocenters. The fourth-order valence-corrected chi connectivity index (χ4v) is 4.02. The van der Waals surface area contributed by atoms with Crippen LogP contribution in [-0.4, -0.2) is 44.5 Å². The highest BCUT2D eigenvalue weighted by atomic mass is 32.1. The average Bonchev–Trinajstić information content (AvgIpc) is 3.42. The van der Waals surface area contributed by atoms with Crippen molar-refractivity contribution in [3.05, 3.63) is 59.0 Å². The summed E-state index contributed by atoms with van der Waals surface area (Å²) < 4.78 is 7.76. The maximum absolute atomic E-state index is 12.9. The Kier molecular flexibility index (Phi) is 4.60. The first kappa shape index (κ1) is 17.2. The second-order valence-electron chi connectivity index (χ2n) is 6.28. The van der Waals surface area contributed by atoms with Crippen LogP contribution in [0.5, 0.6) is 5.88 Å². The van der Waals surface area contributed by atoms with Gasteiger partial charge in [-0.3, -0.25) is 4.79 Å². The van der Waals surface area contributed by atoms with Crippen LogP contribution in [0.4, 0.5) is 0 Å². The molecule has 7 nitrogen and oxygen atoms in total. The molecule has 0 bridgehead atoms. The van der Waals surface area contributed by atoms with Gasteiger partial charge in [0.05, 0.1) is 23.9 Å². The first-order chi connectivity index (χ1) is 13.1. The number of nitriles is 1. The van der Waals surface area contributed by atoms with Gasteiger partial charge in [0.1, 0.15) is 11.0 Å². The smallest absolute Gasteiger partial charge is 0.266 e. The summed E-state index contributed by atoms with van der Waals surface area (Å²) in [6, 6.07) is 9.17. The summed E-state index contributed by atoms with van der Waals surface area (Å²) in [5.41, 5.74) is 1.24. The number of amides is 1. The normalized spacial score (nSPS) is 16.3. The molecular weight excluding hydrogens is 362 g/mol. The topological polar surface area (TPSA) is 84.0 Å². The molecule has 1 fully saturated rings. The van der Waals surface area contributed by atoms with Gasteiger partial charge in [-0.25, -0.2) is 9.97 Å².